The van der Waals surface area contributed by atoms with Gasteiger partial charge in [-0.1, -0.05) is 0 Å². The molecule has 0 spiro atoms. The van der Waals surface area contributed by atoms with E-state index in [-0.39, 0.29) is 5.91 Å². The van der Waals surface area contributed by atoms with Crippen LogP contribution in [-0.2, 0) is 9.53 Å². The Morgan fingerprint density at radius 3 is 2.83 bits per heavy atom. The maximum absolute atomic E-state index is 13.1. The predicted molar refractivity (Wildman–Crippen MR) is 109 cm³/mol. The lowest BCUT2D eigenvalue weighted by atomic mass is 10.2. The molecular weight excluding hydrogens is 390 g/mol. The smallest absolute Gasteiger partial charge is 0.410 e. The Kier molecular flexibility index (Phi) is 5.84. The number of amides is 2. The topological polar surface area (TPSA) is 99.4 Å². The molecule has 0 radical (unpaired) electrons. The summed E-state index contributed by atoms with van der Waals surface area (Å²) in [5.41, 5.74) is 1.18. The Morgan fingerprint density at radius 1 is 1.38 bits per heavy atom. The van der Waals surface area contributed by atoms with E-state index in [0.717, 1.165) is 6.42 Å². The van der Waals surface area contributed by atoms with E-state index >= 15 is 0 Å². The van der Waals surface area contributed by atoms with Crippen molar-refractivity contribution in [3.8, 4) is 17.3 Å². The average molecular weight is 414 g/mol. The van der Waals surface area contributed by atoms with Gasteiger partial charge in [-0.3, -0.25) is 19.6 Å². The largest absolute Gasteiger partial charge is 0.444 e. The van der Waals surface area contributed by atoms with Crippen molar-refractivity contribution in [2.75, 3.05) is 18.5 Å². The molecule has 0 N–H and O–H groups in total. The van der Waals surface area contributed by atoms with E-state index in [9.17, 15) is 9.59 Å². The van der Waals surface area contributed by atoms with Gasteiger partial charge in [0, 0.05) is 36.9 Å². The molecule has 0 unspecified atom stereocenters. The summed E-state index contributed by atoms with van der Waals surface area (Å²) in [6.07, 6.45) is 3.98. The van der Waals surface area contributed by atoms with Crippen LogP contribution in [0.2, 0.25) is 0 Å². The first kappa shape index (κ1) is 20.7. The highest BCUT2D eigenvalue weighted by Gasteiger charge is 2.38. The van der Waals surface area contributed by atoms with E-state index in [1.807, 2.05) is 5.38 Å². The lowest BCUT2D eigenvalue weighted by Crippen LogP contribution is -2.48. The second kappa shape index (κ2) is 8.17. The lowest BCUT2D eigenvalue weighted by Gasteiger charge is -2.29. The monoisotopic (exact) mass is 413 g/mol. The Labute approximate surface area is 173 Å². The molecule has 0 aliphatic carbocycles. The third-order valence-electron chi connectivity index (χ3n) is 4.44. The van der Waals surface area contributed by atoms with Crippen LogP contribution >= 0.6 is 11.3 Å². The Bertz CT molecular complexity index is 960. The van der Waals surface area contributed by atoms with E-state index in [2.05, 4.69) is 16.0 Å². The van der Waals surface area contributed by atoms with Gasteiger partial charge >= 0.3 is 6.09 Å². The number of aromatic nitrogens is 2. The molecule has 1 saturated heterocycles. The van der Waals surface area contributed by atoms with Gasteiger partial charge in [0.15, 0.2) is 5.13 Å². The summed E-state index contributed by atoms with van der Waals surface area (Å²) >= 11 is 1.32. The first-order valence-electron chi connectivity index (χ1n) is 9.28. The molecule has 8 nitrogen and oxygen atoms in total. The molecule has 3 rings (SSSR count). The van der Waals surface area contributed by atoms with Gasteiger partial charge in [0.05, 0.1) is 11.3 Å². The van der Waals surface area contributed by atoms with Crippen molar-refractivity contribution >= 4 is 28.5 Å². The summed E-state index contributed by atoms with van der Waals surface area (Å²) in [7, 11) is 1.65. The van der Waals surface area contributed by atoms with Crippen molar-refractivity contribution in [2.45, 2.75) is 45.3 Å². The highest BCUT2D eigenvalue weighted by Crippen LogP contribution is 2.29. The van der Waals surface area contributed by atoms with E-state index in [0.29, 0.717) is 34.9 Å². The number of ether oxygens (including phenoxy) is 1. The Morgan fingerprint density at radius 2 is 2.14 bits per heavy atom. The second-order valence-corrected chi connectivity index (χ2v) is 8.65. The van der Waals surface area contributed by atoms with Crippen molar-refractivity contribution in [3.63, 3.8) is 0 Å². The number of likely N-dealkylation sites (tertiary alicyclic amines) is 1. The number of rotatable bonds is 3. The molecule has 1 atom stereocenters. The third kappa shape index (κ3) is 4.71. The zero-order valence-electron chi connectivity index (χ0n) is 16.9. The van der Waals surface area contributed by atoms with E-state index in [4.69, 9.17) is 10.00 Å². The molecule has 2 amide bonds. The van der Waals surface area contributed by atoms with Crippen LogP contribution in [-0.4, -0.2) is 52.1 Å². The van der Waals surface area contributed by atoms with Gasteiger partial charge in [0.25, 0.3) is 5.91 Å². The summed E-state index contributed by atoms with van der Waals surface area (Å²) in [4.78, 5) is 37.1. The van der Waals surface area contributed by atoms with Crippen molar-refractivity contribution in [3.05, 3.63) is 29.4 Å². The van der Waals surface area contributed by atoms with Crippen LogP contribution in [0.15, 0.2) is 23.8 Å². The number of nitrogens with zero attached hydrogens (tertiary/aromatic N) is 5. The molecule has 1 fully saturated rings. The van der Waals surface area contributed by atoms with Crippen LogP contribution in [0.1, 0.15) is 39.2 Å². The number of hydrogen-bond acceptors (Lipinski definition) is 7. The normalized spacial score (nSPS) is 16.4. The highest BCUT2D eigenvalue weighted by atomic mass is 32.1. The Balaban J connectivity index is 1.75. The number of nitriles is 1. The molecule has 29 heavy (non-hydrogen) atoms. The number of thiazole rings is 1. The van der Waals surface area contributed by atoms with Gasteiger partial charge in [-0.15, -0.1) is 11.3 Å². The van der Waals surface area contributed by atoms with Gasteiger partial charge in [0.1, 0.15) is 17.7 Å². The maximum atomic E-state index is 13.1. The van der Waals surface area contributed by atoms with Gasteiger partial charge in [-0.25, -0.2) is 9.78 Å². The van der Waals surface area contributed by atoms with Crippen molar-refractivity contribution in [2.24, 2.45) is 0 Å². The predicted octanol–water partition coefficient (Wildman–Crippen LogP) is 3.44. The first-order chi connectivity index (χ1) is 13.7. The average Bonchev–Trinajstić information content (AvgIpc) is 3.35. The summed E-state index contributed by atoms with van der Waals surface area (Å²) < 4.78 is 5.44. The molecule has 0 bridgehead atoms. The molecule has 0 saturated carbocycles. The molecule has 2 aromatic heterocycles. The van der Waals surface area contributed by atoms with Crippen LogP contribution in [0.25, 0.3) is 11.3 Å². The van der Waals surface area contributed by atoms with Crippen LogP contribution in [0, 0.1) is 11.3 Å². The van der Waals surface area contributed by atoms with Crippen LogP contribution in [0.4, 0.5) is 9.93 Å². The molecule has 0 aromatic carbocycles. The molecular formula is C20H23N5O3S. The second-order valence-electron chi connectivity index (χ2n) is 7.82. The molecule has 3 heterocycles. The minimum atomic E-state index is -0.616. The minimum absolute atomic E-state index is 0.196. The number of hydrogen-bond donors (Lipinski definition) is 0. The van der Waals surface area contributed by atoms with E-state index < -0.39 is 17.7 Å². The fourth-order valence-corrected chi connectivity index (χ4v) is 3.88. The van der Waals surface area contributed by atoms with Crippen molar-refractivity contribution in [1.82, 2.24) is 14.9 Å². The van der Waals surface area contributed by atoms with Crippen LogP contribution in [0.3, 0.4) is 0 Å². The summed E-state index contributed by atoms with van der Waals surface area (Å²) in [6, 6.07) is 3.19. The number of carbonyl (C=O) groups excluding carboxylic acids is 2. The van der Waals surface area contributed by atoms with E-state index in [1.165, 1.54) is 27.3 Å². The van der Waals surface area contributed by atoms with Crippen LogP contribution in [0.5, 0.6) is 0 Å². The van der Waals surface area contributed by atoms with Gasteiger partial charge in [-0.2, -0.15) is 5.26 Å². The summed E-state index contributed by atoms with van der Waals surface area (Å²) in [6.45, 7) is 5.90. The quantitative estimate of drug-likeness (QED) is 0.764. The number of pyridine rings is 1. The van der Waals surface area contributed by atoms with Gasteiger partial charge in [0.2, 0.25) is 0 Å². The lowest BCUT2D eigenvalue weighted by molar-refractivity contribution is -0.122. The fourth-order valence-electron chi connectivity index (χ4n) is 3.07. The molecule has 1 aliphatic heterocycles. The molecule has 2 aromatic rings. The SMILES string of the molecule is CN(C(=O)[C@@H]1CCCN1C(=O)OC(C)(C)C)c1nc(-c2cncc(C#N)c2)cs1. The van der Waals surface area contributed by atoms with Crippen molar-refractivity contribution in [1.29, 1.82) is 5.26 Å². The molecule has 152 valence electrons. The molecule has 1 aliphatic rings. The standard InChI is InChI=1S/C20H23N5O3S/c1-20(2,3)28-19(27)25-7-5-6-16(25)17(26)24(4)18-23-15(12-29-18)14-8-13(9-21)10-22-11-14/h8,10-12,16H,5-7H2,1-4H3/t16-/m0/s1. The van der Waals surface area contributed by atoms with Crippen LogP contribution < -0.4 is 4.90 Å². The molecule has 9 heteroatoms. The minimum Gasteiger partial charge on any atom is -0.444 e. The highest BCUT2D eigenvalue weighted by molar-refractivity contribution is 7.14. The van der Waals surface area contributed by atoms with Gasteiger partial charge < -0.3 is 4.74 Å². The number of likely N-dealkylation sites (N-methyl/N-ethyl adjacent to an activating group) is 1. The maximum Gasteiger partial charge on any atom is 0.410 e. The number of carbonyl (C=O) groups is 2. The third-order valence-corrected chi connectivity index (χ3v) is 5.36. The Hall–Kier alpha value is -2.99. The zero-order valence-corrected chi connectivity index (χ0v) is 17.7. The summed E-state index contributed by atoms with van der Waals surface area (Å²) in [5.74, 6) is -0.196. The number of anilines is 1. The van der Waals surface area contributed by atoms with Gasteiger partial charge in [-0.05, 0) is 39.7 Å². The first-order valence-corrected chi connectivity index (χ1v) is 10.2. The fraction of sp³-hybridized carbons (Fsp3) is 0.450. The summed E-state index contributed by atoms with van der Waals surface area (Å²) in [5, 5.41) is 11.4. The van der Waals surface area contributed by atoms with Crippen molar-refractivity contribution < 1.29 is 14.3 Å². The van der Waals surface area contributed by atoms with E-state index in [1.54, 1.807) is 40.1 Å². The zero-order chi connectivity index (χ0) is 21.2.